The van der Waals surface area contributed by atoms with Crippen molar-refractivity contribution in [2.45, 2.75) is 33.1 Å². The van der Waals surface area contributed by atoms with E-state index in [2.05, 4.69) is 13.8 Å². The molecule has 0 aliphatic rings. The maximum atomic E-state index is 9.28. The first-order chi connectivity index (χ1) is 6.61. The van der Waals surface area contributed by atoms with Gasteiger partial charge in [0.05, 0.1) is 0 Å². The van der Waals surface area contributed by atoms with Crippen LogP contribution >= 0.6 is 0 Å². The second-order valence-corrected chi connectivity index (χ2v) is 3.96. The first-order valence-electron chi connectivity index (χ1n) is 5.13. The van der Waals surface area contributed by atoms with Crippen LogP contribution in [0.3, 0.4) is 0 Å². The van der Waals surface area contributed by atoms with Crippen LogP contribution in [0.5, 0.6) is 11.5 Å². The summed E-state index contributed by atoms with van der Waals surface area (Å²) in [6.07, 6.45) is 3.26. The zero-order chi connectivity index (χ0) is 10.6. The summed E-state index contributed by atoms with van der Waals surface area (Å²) in [7, 11) is 0. The van der Waals surface area contributed by atoms with E-state index in [4.69, 9.17) is 0 Å². The molecule has 2 heteroatoms. The summed E-state index contributed by atoms with van der Waals surface area (Å²) >= 11 is 0. The third kappa shape index (κ3) is 3.29. The Morgan fingerprint density at radius 1 is 1.14 bits per heavy atom. The molecule has 0 saturated heterocycles. The predicted octanol–water partition coefficient (Wildman–Crippen LogP) is 3.08. The zero-order valence-electron chi connectivity index (χ0n) is 8.83. The molecule has 0 amide bonds. The fourth-order valence-electron chi connectivity index (χ4n) is 1.77. The van der Waals surface area contributed by atoms with Gasteiger partial charge in [0, 0.05) is 6.07 Å². The van der Waals surface area contributed by atoms with E-state index in [1.165, 1.54) is 18.9 Å². The summed E-state index contributed by atoms with van der Waals surface area (Å²) in [6, 6.07) is 4.78. The normalized spacial score (nSPS) is 12.7. The summed E-state index contributed by atoms with van der Waals surface area (Å²) in [5.74, 6) is 0.883. The Morgan fingerprint density at radius 3 is 2.21 bits per heavy atom. The van der Waals surface area contributed by atoms with Crippen molar-refractivity contribution in [2.75, 3.05) is 0 Å². The van der Waals surface area contributed by atoms with Gasteiger partial charge in [-0.25, -0.2) is 0 Å². The number of aromatic hydroxyl groups is 2. The Hall–Kier alpha value is -1.18. The molecule has 0 spiro atoms. The molecular formula is C12H18O2. The van der Waals surface area contributed by atoms with Crippen molar-refractivity contribution in [1.82, 2.24) is 0 Å². The van der Waals surface area contributed by atoms with Crippen LogP contribution in [0.2, 0.25) is 0 Å². The van der Waals surface area contributed by atoms with Gasteiger partial charge >= 0.3 is 0 Å². The van der Waals surface area contributed by atoms with E-state index in [0.717, 1.165) is 12.0 Å². The average molecular weight is 194 g/mol. The Morgan fingerprint density at radius 2 is 1.71 bits per heavy atom. The van der Waals surface area contributed by atoms with Gasteiger partial charge in [-0.1, -0.05) is 26.7 Å². The van der Waals surface area contributed by atoms with Crippen LogP contribution in [0, 0.1) is 5.92 Å². The Kier molecular flexibility index (Phi) is 3.81. The van der Waals surface area contributed by atoms with E-state index in [0.29, 0.717) is 5.92 Å². The van der Waals surface area contributed by atoms with Crippen LogP contribution in [0.4, 0.5) is 0 Å². The highest BCUT2D eigenvalue weighted by atomic mass is 16.3. The molecule has 2 nitrogen and oxygen atoms in total. The molecule has 0 saturated carbocycles. The van der Waals surface area contributed by atoms with Crippen LogP contribution in [0.25, 0.3) is 0 Å². The predicted molar refractivity (Wildman–Crippen MR) is 57.5 cm³/mol. The molecule has 0 radical (unpaired) electrons. The van der Waals surface area contributed by atoms with Crippen molar-refractivity contribution in [3.63, 3.8) is 0 Å². The minimum Gasteiger partial charge on any atom is -0.508 e. The second-order valence-electron chi connectivity index (χ2n) is 3.96. The molecule has 0 bridgehead atoms. The number of phenols is 2. The molecule has 0 aromatic heterocycles. The van der Waals surface area contributed by atoms with E-state index in [9.17, 15) is 10.2 Å². The third-order valence-electron chi connectivity index (χ3n) is 2.33. The standard InChI is InChI=1S/C12H18O2/c1-3-4-9(2)5-10-6-11(13)8-12(14)7-10/h6-9,13-14H,3-5H2,1-2H3/t9-/m0/s1. The molecule has 1 aromatic rings. The largest absolute Gasteiger partial charge is 0.508 e. The van der Waals surface area contributed by atoms with Gasteiger partial charge in [-0.3, -0.25) is 0 Å². The molecule has 0 heterocycles. The highest BCUT2D eigenvalue weighted by molar-refractivity contribution is 5.36. The number of phenolic OH excluding ortho intramolecular Hbond substituents is 2. The molecule has 0 aliphatic carbocycles. The summed E-state index contributed by atoms with van der Waals surface area (Å²) in [6.45, 7) is 4.35. The lowest BCUT2D eigenvalue weighted by molar-refractivity contribution is 0.446. The molecular weight excluding hydrogens is 176 g/mol. The lowest BCUT2D eigenvalue weighted by Gasteiger charge is -2.10. The van der Waals surface area contributed by atoms with Gasteiger partial charge in [0.25, 0.3) is 0 Å². The van der Waals surface area contributed by atoms with Gasteiger partial charge in [0.1, 0.15) is 11.5 Å². The number of rotatable bonds is 4. The lowest BCUT2D eigenvalue weighted by Crippen LogP contribution is -1.98. The number of benzene rings is 1. The van der Waals surface area contributed by atoms with E-state index in [-0.39, 0.29) is 11.5 Å². The fraction of sp³-hybridized carbons (Fsp3) is 0.500. The molecule has 0 fully saturated rings. The maximum Gasteiger partial charge on any atom is 0.119 e. The number of hydrogen-bond acceptors (Lipinski definition) is 2. The second kappa shape index (κ2) is 4.89. The lowest BCUT2D eigenvalue weighted by atomic mass is 9.97. The Labute approximate surface area is 85.2 Å². The average Bonchev–Trinajstić information content (AvgIpc) is 2.01. The highest BCUT2D eigenvalue weighted by Crippen LogP contribution is 2.23. The van der Waals surface area contributed by atoms with E-state index < -0.39 is 0 Å². The van der Waals surface area contributed by atoms with Crippen molar-refractivity contribution in [2.24, 2.45) is 5.92 Å². The topological polar surface area (TPSA) is 40.5 Å². The monoisotopic (exact) mass is 194 g/mol. The van der Waals surface area contributed by atoms with Gasteiger partial charge in [-0.2, -0.15) is 0 Å². The SMILES string of the molecule is CCC[C@H](C)Cc1cc(O)cc(O)c1. The molecule has 0 aliphatic heterocycles. The van der Waals surface area contributed by atoms with Gasteiger partial charge < -0.3 is 10.2 Å². The first-order valence-corrected chi connectivity index (χ1v) is 5.13. The maximum absolute atomic E-state index is 9.28. The van der Waals surface area contributed by atoms with Crippen molar-refractivity contribution < 1.29 is 10.2 Å². The summed E-state index contributed by atoms with van der Waals surface area (Å²) in [5.41, 5.74) is 1.00. The van der Waals surface area contributed by atoms with Gasteiger partial charge in [-0.15, -0.1) is 0 Å². The third-order valence-corrected chi connectivity index (χ3v) is 2.33. The number of hydrogen-bond donors (Lipinski definition) is 2. The molecule has 1 atom stereocenters. The van der Waals surface area contributed by atoms with Crippen LogP contribution in [-0.4, -0.2) is 10.2 Å². The van der Waals surface area contributed by atoms with Crippen LogP contribution in [0.1, 0.15) is 32.3 Å². The molecule has 2 N–H and O–H groups in total. The Balaban J connectivity index is 2.66. The van der Waals surface area contributed by atoms with E-state index >= 15 is 0 Å². The van der Waals surface area contributed by atoms with Gasteiger partial charge in [0.15, 0.2) is 0 Å². The Bertz CT molecular complexity index is 274. The van der Waals surface area contributed by atoms with Crippen LogP contribution in [-0.2, 0) is 6.42 Å². The summed E-state index contributed by atoms with van der Waals surface area (Å²) < 4.78 is 0. The molecule has 78 valence electrons. The summed E-state index contributed by atoms with van der Waals surface area (Å²) in [5, 5.41) is 18.6. The molecule has 1 aromatic carbocycles. The summed E-state index contributed by atoms with van der Waals surface area (Å²) in [4.78, 5) is 0. The molecule has 14 heavy (non-hydrogen) atoms. The van der Waals surface area contributed by atoms with Gasteiger partial charge in [0.2, 0.25) is 0 Å². The van der Waals surface area contributed by atoms with Crippen LogP contribution < -0.4 is 0 Å². The van der Waals surface area contributed by atoms with Crippen LogP contribution in [0.15, 0.2) is 18.2 Å². The fourth-order valence-corrected chi connectivity index (χ4v) is 1.77. The minimum absolute atomic E-state index is 0.142. The van der Waals surface area contributed by atoms with Crippen molar-refractivity contribution in [3.05, 3.63) is 23.8 Å². The smallest absolute Gasteiger partial charge is 0.119 e. The van der Waals surface area contributed by atoms with Crippen molar-refractivity contribution >= 4 is 0 Å². The van der Waals surface area contributed by atoms with Crippen molar-refractivity contribution in [3.8, 4) is 11.5 Å². The minimum atomic E-state index is 0.142. The van der Waals surface area contributed by atoms with E-state index in [1.54, 1.807) is 12.1 Å². The highest BCUT2D eigenvalue weighted by Gasteiger charge is 2.04. The van der Waals surface area contributed by atoms with E-state index in [1.807, 2.05) is 0 Å². The first kappa shape index (κ1) is 10.9. The zero-order valence-corrected chi connectivity index (χ0v) is 8.83. The van der Waals surface area contributed by atoms with Gasteiger partial charge in [-0.05, 0) is 30.0 Å². The van der Waals surface area contributed by atoms with Crippen molar-refractivity contribution in [1.29, 1.82) is 0 Å². The molecule has 0 unspecified atom stereocenters. The molecule has 1 rings (SSSR count). The quantitative estimate of drug-likeness (QED) is 0.773.